The number of nitrogens with two attached hydrogens (primary N) is 1. The molecule has 3 aromatic rings. The van der Waals surface area contributed by atoms with Gasteiger partial charge >= 0.3 is 0 Å². The summed E-state index contributed by atoms with van der Waals surface area (Å²) in [4.78, 5) is 33.2. The van der Waals surface area contributed by atoms with Crippen LogP contribution in [0.4, 0.5) is 17.3 Å². The van der Waals surface area contributed by atoms with Gasteiger partial charge in [-0.2, -0.15) is 0 Å². The largest absolute Gasteiger partial charge is 0.368 e. The van der Waals surface area contributed by atoms with Crippen LogP contribution in [0.15, 0.2) is 59.9 Å². The van der Waals surface area contributed by atoms with E-state index in [1.807, 2.05) is 29.2 Å². The first-order valence-corrected chi connectivity index (χ1v) is 16.0. The summed E-state index contributed by atoms with van der Waals surface area (Å²) in [6.45, 7) is 3.91. The number of pyridine rings is 1. The zero-order valence-corrected chi connectivity index (χ0v) is 24.0. The molecule has 216 valence electrons. The molecule has 6 rings (SSSR count). The van der Waals surface area contributed by atoms with E-state index < -0.39 is 9.84 Å². The molecule has 1 amide bonds. The van der Waals surface area contributed by atoms with E-state index in [-0.39, 0.29) is 30.0 Å². The molecule has 5 heterocycles. The fraction of sp³-hybridized carbons (Fsp3) is 0.448. The van der Waals surface area contributed by atoms with Gasteiger partial charge in [0.05, 0.1) is 22.0 Å². The molecule has 3 aliphatic rings. The van der Waals surface area contributed by atoms with Crippen LogP contribution in [-0.2, 0) is 21.2 Å². The Morgan fingerprint density at radius 2 is 1.73 bits per heavy atom. The number of benzene rings is 1. The summed E-state index contributed by atoms with van der Waals surface area (Å²) in [5.41, 5.74) is 9.26. The highest BCUT2D eigenvalue weighted by atomic mass is 32.2. The zero-order chi connectivity index (χ0) is 28.6. The normalized spacial score (nSPS) is 20.6. The van der Waals surface area contributed by atoms with Crippen molar-refractivity contribution in [2.45, 2.75) is 49.3 Å². The van der Waals surface area contributed by atoms with Gasteiger partial charge in [0.15, 0.2) is 9.84 Å². The van der Waals surface area contributed by atoms with Crippen molar-refractivity contribution in [2.24, 2.45) is 5.92 Å². The van der Waals surface area contributed by atoms with Crippen LogP contribution in [0.5, 0.6) is 0 Å². The molecule has 2 fully saturated rings. The SMILES string of the molecule is CS(=O)(=O)c1ccc2c(c1)NC(c1ccccn1)N2C1CCN(C(=O)C2CCN(Cc3cnc(N)nc3)CC2)CC1. The number of anilines is 3. The minimum absolute atomic E-state index is 0.0512. The van der Waals surface area contributed by atoms with Gasteiger partial charge in [0.2, 0.25) is 11.9 Å². The van der Waals surface area contributed by atoms with Gasteiger partial charge in [-0.05, 0) is 69.1 Å². The number of carbonyl (C=O) groups is 1. The number of nitrogens with zero attached hydrogens (tertiary/aromatic N) is 6. The molecule has 3 N–H and O–H groups in total. The van der Waals surface area contributed by atoms with Gasteiger partial charge in [0.1, 0.15) is 6.17 Å². The molecule has 2 saturated heterocycles. The van der Waals surface area contributed by atoms with Crippen LogP contribution in [0.1, 0.15) is 43.1 Å². The molecule has 11 nitrogen and oxygen atoms in total. The monoisotopic (exact) mass is 576 g/mol. The Balaban J connectivity index is 1.10. The molecule has 2 aromatic heterocycles. The number of sulfone groups is 1. The van der Waals surface area contributed by atoms with Gasteiger partial charge in [-0.1, -0.05) is 6.07 Å². The molecule has 41 heavy (non-hydrogen) atoms. The molecule has 0 bridgehead atoms. The molecule has 1 unspecified atom stereocenters. The first-order chi connectivity index (χ1) is 19.8. The molecule has 1 aromatic carbocycles. The van der Waals surface area contributed by atoms with E-state index >= 15 is 0 Å². The molecular weight excluding hydrogens is 540 g/mol. The van der Waals surface area contributed by atoms with Crippen molar-refractivity contribution in [3.05, 3.63) is 66.2 Å². The maximum atomic E-state index is 13.5. The van der Waals surface area contributed by atoms with Gasteiger partial charge in [0.25, 0.3) is 0 Å². The summed E-state index contributed by atoms with van der Waals surface area (Å²) in [5.74, 6) is 0.591. The molecule has 0 aliphatic carbocycles. The van der Waals surface area contributed by atoms with Gasteiger partial charge in [-0.3, -0.25) is 14.7 Å². The summed E-state index contributed by atoms with van der Waals surface area (Å²) in [7, 11) is -3.33. The summed E-state index contributed by atoms with van der Waals surface area (Å²) in [6.07, 6.45) is 9.69. The van der Waals surface area contributed by atoms with Crippen molar-refractivity contribution in [3.8, 4) is 0 Å². The lowest BCUT2D eigenvalue weighted by atomic mass is 9.93. The Kier molecular flexibility index (Phi) is 7.52. The standard InChI is InChI=1S/C29H36N8O3S/c1-41(39,40)23-5-6-26-25(16-23)34-27(24-4-2-3-11-31-24)37(26)22-9-14-36(15-10-22)28(38)21-7-12-35(13-8-21)19-20-17-32-29(30)33-18-20/h2-6,11,16-18,21-22,27,34H,7-10,12-15,19H2,1H3,(H2,30,32,33). The molecule has 0 radical (unpaired) electrons. The maximum absolute atomic E-state index is 13.5. The highest BCUT2D eigenvalue weighted by Gasteiger charge is 2.39. The predicted octanol–water partition coefficient (Wildman–Crippen LogP) is 2.69. The van der Waals surface area contributed by atoms with Gasteiger partial charge in [0, 0.05) is 62.0 Å². The van der Waals surface area contributed by atoms with Crippen molar-refractivity contribution in [3.63, 3.8) is 0 Å². The van der Waals surface area contributed by atoms with Crippen LogP contribution in [-0.4, -0.2) is 77.6 Å². The Hall–Kier alpha value is -3.77. The smallest absolute Gasteiger partial charge is 0.225 e. The molecular formula is C29H36N8O3S. The van der Waals surface area contributed by atoms with Crippen molar-refractivity contribution < 1.29 is 13.2 Å². The highest BCUT2D eigenvalue weighted by molar-refractivity contribution is 7.90. The van der Waals surface area contributed by atoms with E-state index in [0.717, 1.165) is 67.9 Å². The fourth-order valence-corrected chi connectivity index (χ4v) is 6.92. The van der Waals surface area contributed by atoms with E-state index in [1.54, 1.807) is 30.7 Å². The lowest BCUT2D eigenvalue weighted by Crippen LogP contribution is -2.50. The first-order valence-electron chi connectivity index (χ1n) is 14.1. The maximum Gasteiger partial charge on any atom is 0.225 e. The number of likely N-dealkylation sites (tertiary alicyclic amines) is 2. The topological polar surface area (TPSA) is 138 Å². The predicted molar refractivity (Wildman–Crippen MR) is 157 cm³/mol. The highest BCUT2D eigenvalue weighted by Crippen LogP contribution is 2.44. The number of nitrogens with one attached hydrogen (secondary N) is 1. The van der Waals surface area contributed by atoms with Crippen LogP contribution in [0, 0.1) is 5.92 Å². The van der Waals surface area contributed by atoms with Crippen LogP contribution >= 0.6 is 0 Å². The lowest BCUT2D eigenvalue weighted by Gasteiger charge is -2.42. The third-order valence-electron chi connectivity index (χ3n) is 8.45. The summed E-state index contributed by atoms with van der Waals surface area (Å²) < 4.78 is 24.4. The second-order valence-electron chi connectivity index (χ2n) is 11.2. The van der Waals surface area contributed by atoms with Crippen molar-refractivity contribution in [1.82, 2.24) is 24.8 Å². The van der Waals surface area contributed by atoms with E-state index in [4.69, 9.17) is 5.73 Å². The van der Waals surface area contributed by atoms with Crippen LogP contribution < -0.4 is 16.0 Å². The van der Waals surface area contributed by atoms with E-state index in [0.29, 0.717) is 18.0 Å². The Morgan fingerprint density at radius 1 is 1.00 bits per heavy atom. The summed E-state index contributed by atoms with van der Waals surface area (Å²) in [5, 5.41) is 3.52. The van der Waals surface area contributed by atoms with E-state index in [1.165, 1.54) is 6.26 Å². The van der Waals surface area contributed by atoms with Gasteiger partial charge in [-0.25, -0.2) is 18.4 Å². The van der Waals surface area contributed by atoms with E-state index in [2.05, 4.69) is 30.1 Å². The molecule has 12 heteroatoms. The zero-order valence-electron chi connectivity index (χ0n) is 23.2. The number of hydrogen-bond donors (Lipinski definition) is 2. The average Bonchev–Trinajstić information content (AvgIpc) is 3.37. The second-order valence-corrected chi connectivity index (χ2v) is 13.2. The number of amides is 1. The number of piperidine rings is 2. The second kappa shape index (κ2) is 11.2. The van der Waals surface area contributed by atoms with E-state index in [9.17, 15) is 13.2 Å². The average molecular weight is 577 g/mol. The number of rotatable bonds is 6. The minimum Gasteiger partial charge on any atom is -0.368 e. The van der Waals surface area contributed by atoms with Crippen molar-refractivity contribution in [1.29, 1.82) is 0 Å². The number of aromatic nitrogens is 3. The minimum atomic E-state index is -3.33. The number of nitrogen functional groups attached to an aromatic ring is 1. The summed E-state index contributed by atoms with van der Waals surface area (Å²) >= 11 is 0. The first kappa shape index (κ1) is 27.4. The Labute approximate surface area is 240 Å². The van der Waals surface area contributed by atoms with Gasteiger partial charge in [-0.15, -0.1) is 0 Å². The van der Waals surface area contributed by atoms with Crippen molar-refractivity contribution in [2.75, 3.05) is 48.4 Å². The van der Waals surface area contributed by atoms with Crippen LogP contribution in [0.2, 0.25) is 0 Å². The van der Waals surface area contributed by atoms with Gasteiger partial charge < -0.3 is 20.9 Å². The Bertz CT molecular complexity index is 1490. The quantitative estimate of drug-likeness (QED) is 0.450. The molecule has 0 saturated carbocycles. The molecule has 3 aliphatic heterocycles. The number of carbonyl (C=O) groups excluding carboxylic acids is 1. The third-order valence-corrected chi connectivity index (χ3v) is 9.56. The third kappa shape index (κ3) is 5.84. The molecule has 0 spiro atoms. The Morgan fingerprint density at radius 3 is 2.39 bits per heavy atom. The van der Waals surface area contributed by atoms with Crippen LogP contribution in [0.25, 0.3) is 0 Å². The number of fused-ring (bicyclic) bond motifs is 1. The fourth-order valence-electron chi connectivity index (χ4n) is 6.27. The summed E-state index contributed by atoms with van der Waals surface area (Å²) in [6, 6.07) is 11.3. The van der Waals surface area contributed by atoms with Crippen LogP contribution in [0.3, 0.4) is 0 Å². The number of hydrogen-bond acceptors (Lipinski definition) is 10. The molecule has 1 atom stereocenters. The van der Waals surface area contributed by atoms with Crippen molar-refractivity contribution >= 4 is 33.1 Å². The lowest BCUT2D eigenvalue weighted by molar-refractivity contribution is -0.138.